The monoisotopic (exact) mass is 465 g/mol. The number of ether oxygens (including phenoxy) is 1. The Labute approximate surface area is 199 Å². The highest BCUT2D eigenvalue weighted by Crippen LogP contribution is 2.44. The van der Waals surface area contributed by atoms with Crippen molar-refractivity contribution in [2.24, 2.45) is 0 Å². The zero-order valence-corrected chi connectivity index (χ0v) is 19.4. The summed E-state index contributed by atoms with van der Waals surface area (Å²) in [5.41, 5.74) is 4.75. The summed E-state index contributed by atoms with van der Waals surface area (Å²) in [4.78, 5) is 39.1. The fourth-order valence-corrected chi connectivity index (χ4v) is 4.87. The molecule has 1 aliphatic heterocycles. The molecule has 0 bridgehead atoms. The van der Waals surface area contributed by atoms with Crippen LogP contribution in [0.4, 0.5) is 4.79 Å². The summed E-state index contributed by atoms with van der Waals surface area (Å²) in [7, 11) is 0. The first-order valence-corrected chi connectivity index (χ1v) is 11.8. The van der Waals surface area contributed by atoms with Crippen LogP contribution in [0.25, 0.3) is 11.1 Å². The van der Waals surface area contributed by atoms with Crippen molar-refractivity contribution in [2.45, 2.75) is 31.7 Å². The molecule has 2 N–H and O–H groups in total. The summed E-state index contributed by atoms with van der Waals surface area (Å²) in [6.07, 6.45) is 1.00. The third kappa shape index (κ3) is 5.39. The number of benzene rings is 2. The van der Waals surface area contributed by atoms with E-state index in [1.54, 1.807) is 6.92 Å². The van der Waals surface area contributed by atoms with Crippen molar-refractivity contribution in [1.29, 1.82) is 0 Å². The first-order valence-electron chi connectivity index (χ1n) is 11.8. The predicted octanol–water partition coefficient (Wildman–Crippen LogP) is 2.92. The number of carbonyl (C=O) groups excluding carboxylic acids is 2. The summed E-state index contributed by atoms with van der Waals surface area (Å²) in [6.45, 7) is 3.64. The van der Waals surface area contributed by atoms with E-state index in [9.17, 15) is 14.4 Å². The fourth-order valence-electron chi connectivity index (χ4n) is 4.87. The van der Waals surface area contributed by atoms with Gasteiger partial charge in [0.05, 0.1) is 6.54 Å². The minimum atomic E-state index is -1.01. The minimum absolute atomic E-state index is 0.0108. The van der Waals surface area contributed by atoms with Gasteiger partial charge in [0, 0.05) is 31.6 Å². The van der Waals surface area contributed by atoms with Crippen LogP contribution in [0, 0.1) is 0 Å². The molecule has 180 valence electrons. The maximum absolute atomic E-state index is 12.5. The van der Waals surface area contributed by atoms with Crippen LogP contribution < -0.4 is 5.32 Å². The van der Waals surface area contributed by atoms with E-state index in [-0.39, 0.29) is 37.6 Å². The number of amides is 2. The van der Waals surface area contributed by atoms with Gasteiger partial charge in [-0.25, -0.2) is 4.79 Å². The molecule has 0 spiro atoms. The lowest BCUT2D eigenvalue weighted by molar-refractivity contribution is -0.144. The molecule has 0 radical (unpaired) electrons. The Balaban J connectivity index is 1.24. The number of rotatable bonds is 8. The lowest BCUT2D eigenvalue weighted by atomic mass is 9.98. The van der Waals surface area contributed by atoms with E-state index in [1.165, 1.54) is 27.2 Å². The van der Waals surface area contributed by atoms with E-state index in [1.807, 2.05) is 29.2 Å². The number of hydrogen-bond donors (Lipinski definition) is 2. The average molecular weight is 466 g/mol. The van der Waals surface area contributed by atoms with Gasteiger partial charge in [-0.05, 0) is 42.0 Å². The van der Waals surface area contributed by atoms with Gasteiger partial charge in [-0.15, -0.1) is 0 Å². The second kappa shape index (κ2) is 10.7. The van der Waals surface area contributed by atoms with E-state index in [2.05, 4.69) is 29.6 Å². The van der Waals surface area contributed by atoms with Gasteiger partial charge in [0.1, 0.15) is 13.2 Å². The quantitative estimate of drug-likeness (QED) is 0.622. The van der Waals surface area contributed by atoms with Gasteiger partial charge in [0.2, 0.25) is 5.91 Å². The number of fused-ring (bicyclic) bond motifs is 3. The second-order valence-corrected chi connectivity index (χ2v) is 8.82. The molecule has 0 aromatic heterocycles. The Morgan fingerprint density at radius 3 is 2.18 bits per heavy atom. The molecular formula is C26H31N3O5. The highest BCUT2D eigenvalue weighted by molar-refractivity contribution is 5.82. The van der Waals surface area contributed by atoms with Crippen molar-refractivity contribution < 1.29 is 24.2 Å². The summed E-state index contributed by atoms with van der Waals surface area (Å²) in [5, 5.41) is 11.9. The molecule has 8 heteroatoms. The maximum atomic E-state index is 12.5. The lowest BCUT2D eigenvalue weighted by Gasteiger charge is -2.32. The number of hydrogen-bond acceptors (Lipinski definition) is 5. The first kappa shape index (κ1) is 23.8. The molecule has 1 aliphatic carbocycles. The van der Waals surface area contributed by atoms with Crippen molar-refractivity contribution in [3.05, 3.63) is 59.7 Å². The second-order valence-electron chi connectivity index (χ2n) is 8.82. The first-order chi connectivity index (χ1) is 16.5. The predicted molar refractivity (Wildman–Crippen MR) is 128 cm³/mol. The molecule has 1 heterocycles. The Hall–Kier alpha value is -3.39. The standard InChI is InChI=1S/C26H31N3O5/c1-2-29(16-25(31)32)24(30)15-28-13-11-18(12-14-28)27-26(33)34-17-23-21-9-5-3-7-19(21)20-8-4-6-10-22(20)23/h3-10,18,23H,2,11-17H2,1H3,(H,27,33)(H,31,32). The highest BCUT2D eigenvalue weighted by Gasteiger charge is 2.30. The van der Waals surface area contributed by atoms with Gasteiger partial charge in [0.15, 0.2) is 0 Å². The molecule has 0 atom stereocenters. The zero-order chi connectivity index (χ0) is 24.1. The van der Waals surface area contributed by atoms with Crippen LogP contribution in [-0.2, 0) is 14.3 Å². The molecule has 2 aromatic carbocycles. The summed E-state index contributed by atoms with van der Waals surface area (Å²) in [6, 6.07) is 16.5. The van der Waals surface area contributed by atoms with Crippen LogP contribution in [0.15, 0.2) is 48.5 Å². The number of nitrogens with zero attached hydrogens (tertiary/aromatic N) is 2. The van der Waals surface area contributed by atoms with Gasteiger partial charge >= 0.3 is 12.1 Å². The molecular weight excluding hydrogens is 434 g/mol. The molecule has 1 saturated heterocycles. The van der Waals surface area contributed by atoms with Crippen molar-refractivity contribution >= 4 is 18.0 Å². The molecule has 2 aromatic rings. The molecule has 1 fully saturated rings. The normalized spacial score (nSPS) is 15.9. The number of nitrogens with one attached hydrogen (secondary N) is 1. The average Bonchev–Trinajstić information content (AvgIpc) is 3.16. The van der Waals surface area contributed by atoms with Crippen molar-refractivity contribution in [2.75, 3.05) is 39.3 Å². The third-order valence-electron chi connectivity index (χ3n) is 6.67. The molecule has 8 nitrogen and oxygen atoms in total. The molecule has 34 heavy (non-hydrogen) atoms. The van der Waals surface area contributed by atoms with Gasteiger partial charge in [-0.2, -0.15) is 0 Å². The molecule has 2 amide bonds. The molecule has 4 rings (SSSR count). The zero-order valence-electron chi connectivity index (χ0n) is 19.4. The third-order valence-corrected chi connectivity index (χ3v) is 6.67. The minimum Gasteiger partial charge on any atom is -0.480 e. The van der Waals surface area contributed by atoms with E-state index in [0.29, 0.717) is 32.5 Å². The SMILES string of the molecule is CCN(CC(=O)O)C(=O)CN1CCC(NC(=O)OCC2c3ccccc3-c3ccccc32)CC1. The number of likely N-dealkylation sites (tertiary alicyclic amines) is 1. The van der Waals surface area contributed by atoms with Crippen molar-refractivity contribution in [1.82, 2.24) is 15.1 Å². The lowest BCUT2D eigenvalue weighted by Crippen LogP contribution is -2.48. The van der Waals surface area contributed by atoms with E-state index < -0.39 is 12.1 Å². The number of alkyl carbamates (subject to hydrolysis) is 1. The number of aliphatic carboxylic acids is 1. The highest BCUT2D eigenvalue weighted by atomic mass is 16.5. The van der Waals surface area contributed by atoms with Crippen molar-refractivity contribution in [3.8, 4) is 11.1 Å². The van der Waals surface area contributed by atoms with Gasteiger partial charge in [-0.1, -0.05) is 48.5 Å². The molecule has 0 unspecified atom stereocenters. The van der Waals surface area contributed by atoms with E-state index >= 15 is 0 Å². The summed E-state index contributed by atoms with van der Waals surface area (Å²) < 4.78 is 5.64. The number of carboxylic acid groups (broad SMARTS) is 1. The largest absolute Gasteiger partial charge is 0.480 e. The number of piperidine rings is 1. The van der Waals surface area contributed by atoms with Crippen LogP contribution >= 0.6 is 0 Å². The fraction of sp³-hybridized carbons (Fsp3) is 0.423. The van der Waals surface area contributed by atoms with Crippen LogP contribution in [0.3, 0.4) is 0 Å². The molecule has 0 saturated carbocycles. The van der Waals surface area contributed by atoms with Crippen LogP contribution in [0.2, 0.25) is 0 Å². The van der Waals surface area contributed by atoms with Gasteiger partial charge < -0.3 is 20.1 Å². The van der Waals surface area contributed by atoms with Crippen LogP contribution in [0.5, 0.6) is 0 Å². The van der Waals surface area contributed by atoms with Crippen LogP contribution in [-0.4, -0.2) is 78.2 Å². The number of likely N-dealkylation sites (N-methyl/N-ethyl adjacent to an activating group) is 1. The smallest absolute Gasteiger partial charge is 0.407 e. The Kier molecular flexibility index (Phi) is 7.47. The molecule has 2 aliphatic rings. The Bertz CT molecular complexity index is 1000. The summed E-state index contributed by atoms with van der Waals surface area (Å²) >= 11 is 0. The summed E-state index contributed by atoms with van der Waals surface area (Å²) in [5.74, 6) is -1.17. The van der Waals surface area contributed by atoms with Gasteiger partial charge in [0.25, 0.3) is 0 Å². The Morgan fingerprint density at radius 1 is 1.03 bits per heavy atom. The topological polar surface area (TPSA) is 99.2 Å². The van der Waals surface area contributed by atoms with E-state index in [0.717, 1.165) is 0 Å². The van der Waals surface area contributed by atoms with Crippen molar-refractivity contribution in [3.63, 3.8) is 0 Å². The van der Waals surface area contributed by atoms with E-state index in [4.69, 9.17) is 9.84 Å². The van der Waals surface area contributed by atoms with Gasteiger partial charge in [-0.3, -0.25) is 14.5 Å². The Morgan fingerprint density at radius 2 is 1.62 bits per heavy atom. The number of carbonyl (C=O) groups is 3. The maximum Gasteiger partial charge on any atom is 0.407 e. The van der Waals surface area contributed by atoms with Crippen LogP contribution in [0.1, 0.15) is 36.8 Å². The number of carboxylic acids is 1.